The van der Waals surface area contributed by atoms with Gasteiger partial charge < -0.3 is 15.2 Å². The van der Waals surface area contributed by atoms with E-state index in [-0.39, 0.29) is 21.3 Å². The van der Waals surface area contributed by atoms with Gasteiger partial charge in [-0.2, -0.15) is 0 Å². The number of carbonyl (C=O) groups is 3. The number of esters is 1. The Hall–Kier alpha value is -1.89. The molecule has 110 valence electrons. The Morgan fingerprint density at radius 3 is 2.20 bits per heavy atom. The zero-order valence-corrected chi connectivity index (χ0v) is 12.8. The third-order valence-electron chi connectivity index (χ3n) is 2.23. The van der Waals surface area contributed by atoms with Crippen molar-refractivity contribution in [2.75, 3.05) is 5.32 Å². The van der Waals surface area contributed by atoms with Gasteiger partial charge in [0.25, 0.3) is 0 Å². The maximum Gasteiger partial charge on any atom is 0.346 e. The van der Waals surface area contributed by atoms with Crippen LogP contribution >= 0.6 is 11.3 Å². The maximum absolute atomic E-state index is 12.2. The first-order valence-corrected chi connectivity index (χ1v) is 6.72. The van der Waals surface area contributed by atoms with Crippen LogP contribution in [0.5, 0.6) is 0 Å². The normalized spacial score (nSPS) is 11.1. The van der Waals surface area contributed by atoms with E-state index in [1.807, 2.05) is 0 Å². The summed E-state index contributed by atoms with van der Waals surface area (Å²) in [7, 11) is 0. The highest BCUT2D eigenvalue weighted by atomic mass is 32.1. The zero-order chi connectivity index (χ0) is 15.7. The lowest BCUT2D eigenvalue weighted by Gasteiger charge is -2.20. The fraction of sp³-hybridized carbons (Fsp3) is 0.462. The molecule has 7 heteroatoms. The SMILES string of the molecule is CC(=O)Nc1sc(C(=O)O)c(C)c1C(=O)OC(C)(C)C. The summed E-state index contributed by atoms with van der Waals surface area (Å²) in [5.74, 6) is -2.18. The Labute approximate surface area is 120 Å². The highest BCUT2D eigenvalue weighted by Crippen LogP contribution is 2.34. The van der Waals surface area contributed by atoms with Crippen molar-refractivity contribution in [3.05, 3.63) is 16.0 Å². The molecule has 0 saturated heterocycles. The summed E-state index contributed by atoms with van der Waals surface area (Å²) >= 11 is 0.845. The molecule has 0 bridgehead atoms. The van der Waals surface area contributed by atoms with Crippen LogP contribution in [0.1, 0.15) is 53.3 Å². The average Bonchev–Trinajstić information content (AvgIpc) is 2.51. The number of thiophene rings is 1. The predicted octanol–water partition coefficient (Wildman–Crippen LogP) is 2.67. The molecule has 0 fully saturated rings. The minimum atomic E-state index is -1.14. The van der Waals surface area contributed by atoms with Crippen LogP contribution in [0.4, 0.5) is 5.00 Å². The second-order valence-electron chi connectivity index (χ2n) is 5.25. The van der Waals surface area contributed by atoms with Crippen molar-refractivity contribution in [2.45, 2.75) is 40.2 Å². The van der Waals surface area contributed by atoms with Gasteiger partial charge in [0.05, 0.1) is 5.56 Å². The summed E-state index contributed by atoms with van der Waals surface area (Å²) in [6.07, 6.45) is 0. The van der Waals surface area contributed by atoms with E-state index < -0.39 is 17.5 Å². The van der Waals surface area contributed by atoms with Crippen LogP contribution in [0.2, 0.25) is 0 Å². The predicted molar refractivity (Wildman–Crippen MR) is 75.5 cm³/mol. The monoisotopic (exact) mass is 299 g/mol. The quantitative estimate of drug-likeness (QED) is 0.837. The molecule has 1 aromatic rings. The number of carboxylic acids is 1. The van der Waals surface area contributed by atoms with Crippen LogP contribution < -0.4 is 5.32 Å². The molecule has 0 aliphatic rings. The standard InChI is InChI=1S/C13H17NO5S/c1-6-8(12(18)19-13(3,4)5)10(14-7(2)15)20-9(6)11(16)17/h1-5H3,(H,14,15)(H,16,17). The van der Waals surface area contributed by atoms with Crippen molar-refractivity contribution < 1.29 is 24.2 Å². The molecule has 6 nitrogen and oxygen atoms in total. The van der Waals surface area contributed by atoms with Gasteiger partial charge >= 0.3 is 11.9 Å². The van der Waals surface area contributed by atoms with E-state index in [1.165, 1.54) is 13.8 Å². The van der Waals surface area contributed by atoms with Gasteiger partial charge in [0.15, 0.2) is 0 Å². The minimum Gasteiger partial charge on any atom is -0.477 e. The average molecular weight is 299 g/mol. The molecule has 1 amide bonds. The first-order valence-electron chi connectivity index (χ1n) is 5.90. The van der Waals surface area contributed by atoms with Gasteiger partial charge in [0, 0.05) is 6.92 Å². The Morgan fingerprint density at radius 1 is 1.25 bits per heavy atom. The molecule has 2 N–H and O–H groups in total. The fourth-order valence-corrected chi connectivity index (χ4v) is 2.62. The molecular formula is C13H17NO5S. The number of ether oxygens (including phenoxy) is 1. The number of hydrogen-bond donors (Lipinski definition) is 2. The van der Waals surface area contributed by atoms with E-state index in [9.17, 15) is 14.4 Å². The van der Waals surface area contributed by atoms with E-state index in [4.69, 9.17) is 9.84 Å². The number of hydrogen-bond acceptors (Lipinski definition) is 5. The van der Waals surface area contributed by atoms with Gasteiger partial charge in [-0.25, -0.2) is 9.59 Å². The Balaban J connectivity index is 3.31. The summed E-state index contributed by atoms with van der Waals surface area (Å²) < 4.78 is 5.24. The third kappa shape index (κ3) is 3.80. The molecule has 1 rings (SSSR count). The lowest BCUT2D eigenvalue weighted by Crippen LogP contribution is -2.24. The summed E-state index contributed by atoms with van der Waals surface area (Å²) in [5, 5.41) is 11.8. The Kier molecular flexibility index (Phi) is 4.54. The van der Waals surface area contributed by atoms with E-state index in [0.29, 0.717) is 5.56 Å². The van der Waals surface area contributed by atoms with Crippen molar-refractivity contribution in [1.29, 1.82) is 0 Å². The van der Waals surface area contributed by atoms with Crippen LogP contribution in [-0.2, 0) is 9.53 Å². The maximum atomic E-state index is 12.2. The molecule has 1 aromatic heterocycles. The van der Waals surface area contributed by atoms with Crippen LogP contribution in [0.25, 0.3) is 0 Å². The van der Waals surface area contributed by atoms with Crippen molar-refractivity contribution in [3.63, 3.8) is 0 Å². The largest absolute Gasteiger partial charge is 0.477 e. The molecule has 20 heavy (non-hydrogen) atoms. The van der Waals surface area contributed by atoms with Gasteiger partial charge in [-0.05, 0) is 33.3 Å². The first kappa shape index (κ1) is 16.2. The Morgan fingerprint density at radius 2 is 1.80 bits per heavy atom. The molecule has 0 radical (unpaired) electrons. The zero-order valence-electron chi connectivity index (χ0n) is 12.0. The van der Waals surface area contributed by atoms with Crippen LogP contribution in [-0.4, -0.2) is 28.6 Å². The van der Waals surface area contributed by atoms with Gasteiger partial charge in [0.1, 0.15) is 15.5 Å². The lowest BCUT2D eigenvalue weighted by molar-refractivity contribution is -0.114. The molecular weight excluding hydrogens is 282 g/mol. The molecule has 0 saturated carbocycles. The number of anilines is 1. The van der Waals surface area contributed by atoms with Crippen LogP contribution in [0, 0.1) is 6.92 Å². The molecule has 0 aliphatic carbocycles. The van der Waals surface area contributed by atoms with Gasteiger partial charge in [0.2, 0.25) is 5.91 Å². The van der Waals surface area contributed by atoms with Crippen LogP contribution in [0.3, 0.4) is 0 Å². The smallest absolute Gasteiger partial charge is 0.346 e. The minimum absolute atomic E-state index is 0.00890. The number of amides is 1. The third-order valence-corrected chi connectivity index (χ3v) is 3.43. The van der Waals surface area contributed by atoms with Crippen molar-refractivity contribution in [1.82, 2.24) is 0 Å². The number of rotatable bonds is 3. The molecule has 1 heterocycles. The van der Waals surface area contributed by atoms with Gasteiger partial charge in [-0.15, -0.1) is 11.3 Å². The van der Waals surface area contributed by atoms with Crippen molar-refractivity contribution in [2.24, 2.45) is 0 Å². The summed E-state index contributed by atoms with van der Waals surface area (Å²) in [4.78, 5) is 34.5. The molecule has 0 spiro atoms. The van der Waals surface area contributed by atoms with Crippen molar-refractivity contribution in [3.8, 4) is 0 Å². The van der Waals surface area contributed by atoms with Gasteiger partial charge in [-0.1, -0.05) is 0 Å². The van der Waals surface area contributed by atoms with E-state index >= 15 is 0 Å². The summed E-state index contributed by atoms with van der Waals surface area (Å²) in [6, 6.07) is 0. The molecule has 0 unspecified atom stereocenters. The first-order chi connectivity index (χ1) is 9.03. The molecule has 0 atom stereocenters. The van der Waals surface area contributed by atoms with E-state index in [0.717, 1.165) is 11.3 Å². The highest BCUT2D eigenvalue weighted by Gasteiger charge is 2.28. The number of carboxylic acid groups (broad SMARTS) is 1. The van der Waals surface area contributed by atoms with E-state index in [1.54, 1.807) is 20.8 Å². The molecule has 0 aliphatic heterocycles. The summed E-state index contributed by atoms with van der Waals surface area (Å²) in [5.41, 5.74) is -0.319. The summed E-state index contributed by atoms with van der Waals surface area (Å²) in [6.45, 7) is 7.94. The van der Waals surface area contributed by atoms with Crippen LogP contribution in [0.15, 0.2) is 0 Å². The molecule has 0 aromatic carbocycles. The second-order valence-corrected chi connectivity index (χ2v) is 6.27. The highest BCUT2D eigenvalue weighted by molar-refractivity contribution is 7.18. The Bertz CT molecular complexity index is 568. The fourth-order valence-electron chi connectivity index (χ4n) is 1.54. The lowest BCUT2D eigenvalue weighted by atomic mass is 10.1. The second kappa shape index (κ2) is 5.62. The number of aromatic carboxylic acids is 1. The van der Waals surface area contributed by atoms with Gasteiger partial charge in [-0.3, -0.25) is 4.79 Å². The van der Waals surface area contributed by atoms with Crippen molar-refractivity contribution >= 4 is 34.2 Å². The van der Waals surface area contributed by atoms with E-state index in [2.05, 4.69) is 5.32 Å². The number of carbonyl (C=O) groups excluding carboxylic acids is 2. The topological polar surface area (TPSA) is 92.7 Å². The number of nitrogens with one attached hydrogen (secondary N) is 1.